The monoisotopic (exact) mass is 516 g/mol. The van der Waals surface area contributed by atoms with E-state index in [1.807, 2.05) is 32.0 Å². The van der Waals surface area contributed by atoms with Crippen LogP contribution in [0.1, 0.15) is 84.6 Å². The molecule has 0 amide bonds. The number of aliphatic carboxylic acids is 2. The third-order valence-electron chi connectivity index (χ3n) is 4.40. The van der Waals surface area contributed by atoms with Crippen molar-refractivity contribution in [2.24, 2.45) is 11.8 Å². The molecule has 1 aromatic carbocycles. The summed E-state index contributed by atoms with van der Waals surface area (Å²) in [5.74, 6) is -2.23. The number of hydrogen-bond acceptors (Lipinski definition) is 4. The summed E-state index contributed by atoms with van der Waals surface area (Å²) in [6, 6.07) is 10.3. The van der Waals surface area contributed by atoms with Crippen molar-refractivity contribution in [1.82, 2.24) is 0 Å². The standard InChI is InChI=1S/2C8H16O2.C7H8.Ba/c2*1-3-5-6-7(4-2)8(9)10;1-7-5-3-2-4-6-7;/h2*7H,3-6H2,1-2H3,(H,9,10);2-6H,1H3;/q;;;+2/p-2. The predicted octanol–water partition coefficient (Wildman–Crippen LogP) is 3.52. The van der Waals surface area contributed by atoms with E-state index in [-0.39, 0.29) is 60.7 Å². The first kappa shape index (κ1) is 32.4. The van der Waals surface area contributed by atoms with E-state index in [1.54, 1.807) is 0 Å². The second-order valence-electron chi connectivity index (χ2n) is 6.79. The van der Waals surface area contributed by atoms with Crippen LogP contribution in [0.5, 0.6) is 0 Å². The van der Waals surface area contributed by atoms with Crippen LogP contribution in [0, 0.1) is 18.8 Å². The fraction of sp³-hybridized carbons (Fsp3) is 0.652. The Morgan fingerprint density at radius 3 is 1.32 bits per heavy atom. The number of rotatable bonds is 10. The maximum atomic E-state index is 10.3. The summed E-state index contributed by atoms with van der Waals surface area (Å²) >= 11 is 0. The molecule has 0 bridgehead atoms. The van der Waals surface area contributed by atoms with Crippen LogP contribution in [-0.2, 0) is 9.59 Å². The molecule has 1 aromatic rings. The largest absolute Gasteiger partial charge is 2.00 e. The third kappa shape index (κ3) is 20.5. The maximum Gasteiger partial charge on any atom is 2.00 e. The zero-order valence-electron chi connectivity index (χ0n) is 18.5. The fourth-order valence-corrected chi connectivity index (χ4v) is 2.41. The van der Waals surface area contributed by atoms with Crippen LogP contribution < -0.4 is 10.2 Å². The Morgan fingerprint density at radius 2 is 1.14 bits per heavy atom. The van der Waals surface area contributed by atoms with E-state index in [0.29, 0.717) is 12.8 Å². The Bertz CT molecular complexity index is 451. The van der Waals surface area contributed by atoms with E-state index in [9.17, 15) is 19.8 Å². The van der Waals surface area contributed by atoms with Crippen molar-refractivity contribution >= 4 is 60.8 Å². The van der Waals surface area contributed by atoms with Gasteiger partial charge in [-0.2, -0.15) is 0 Å². The zero-order valence-corrected chi connectivity index (χ0v) is 23.0. The van der Waals surface area contributed by atoms with Gasteiger partial charge in [-0.3, -0.25) is 0 Å². The van der Waals surface area contributed by atoms with Gasteiger partial charge in [-0.1, -0.05) is 89.3 Å². The van der Waals surface area contributed by atoms with Gasteiger partial charge < -0.3 is 19.8 Å². The SMILES string of the molecule is CCCCC(CC)C(=O)[O-].CCCCC(CC)C(=O)[O-].Cc1ccccc1.[Ba+2]. The smallest absolute Gasteiger partial charge is 0.550 e. The quantitative estimate of drug-likeness (QED) is 0.447. The van der Waals surface area contributed by atoms with Crippen molar-refractivity contribution in [2.75, 3.05) is 0 Å². The van der Waals surface area contributed by atoms with Crippen molar-refractivity contribution in [3.8, 4) is 0 Å². The number of carboxylic acid groups (broad SMARTS) is 2. The number of aryl methyl sites for hydroxylation is 1. The van der Waals surface area contributed by atoms with Crippen LogP contribution >= 0.6 is 0 Å². The van der Waals surface area contributed by atoms with E-state index in [2.05, 4.69) is 32.9 Å². The second-order valence-corrected chi connectivity index (χ2v) is 6.79. The molecule has 156 valence electrons. The molecule has 1 rings (SSSR count). The first-order valence-corrected chi connectivity index (χ1v) is 10.3. The van der Waals surface area contributed by atoms with Crippen molar-refractivity contribution in [3.63, 3.8) is 0 Å². The minimum Gasteiger partial charge on any atom is -0.550 e. The van der Waals surface area contributed by atoms with Gasteiger partial charge in [0.25, 0.3) is 0 Å². The van der Waals surface area contributed by atoms with E-state index in [0.717, 1.165) is 38.5 Å². The Kier molecular flexibility index (Phi) is 26.6. The zero-order chi connectivity index (χ0) is 21.1. The molecule has 0 aromatic heterocycles. The molecule has 0 N–H and O–H groups in total. The van der Waals surface area contributed by atoms with Crippen LogP contribution in [0.25, 0.3) is 0 Å². The van der Waals surface area contributed by atoms with Crippen molar-refractivity contribution in [2.45, 2.75) is 86.0 Å². The molecular formula is C23H38BaO4. The normalized spacial score (nSPS) is 11.5. The van der Waals surface area contributed by atoms with Crippen LogP contribution in [0.4, 0.5) is 0 Å². The summed E-state index contributed by atoms with van der Waals surface area (Å²) in [4.78, 5) is 20.7. The molecule has 0 radical (unpaired) electrons. The van der Waals surface area contributed by atoms with Crippen molar-refractivity contribution < 1.29 is 19.8 Å². The van der Waals surface area contributed by atoms with Gasteiger partial charge in [0.2, 0.25) is 0 Å². The molecule has 0 spiro atoms. The molecule has 0 fully saturated rings. The van der Waals surface area contributed by atoms with Gasteiger partial charge in [0.05, 0.1) is 0 Å². The van der Waals surface area contributed by atoms with E-state index < -0.39 is 11.9 Å². The van der Waals surface area contributed by atoms with Crippen molar-refractivity contribution in [3.05, 3.63) is 35.9 Å². The number of benzene rings is 1. The Labute approximate surface area is 212 Å². The first-order valence-electron chi connectivity index (χ1n) is 10.3. The van der Waals surface area contributed by atoms with Gasteiger partial charge in [-0.25, -0.2) is 0 Å². The van der Waals surface area contributed by atoms with Crippen molar-refractivity contribution in [1.29, 1.82) is 0 Å². The van der Waals surface area contributed by atoms with Gasteiger partial charge in [0.15, 0.2) is 0 Å². The summed E-state index contributed by atoms with van der Waals surface area (Å²) < 4.78 is 0. The number of carbonyl (C=O) groups excluding carboxylic acids is 2. The molecule has 28 heavy (non-hydrogen) atoms. The number of hydrogen-bond donors (Lipinski definition) is 0. The molecule has 0 aliphatic carbocycles. The molecule has 4 nitrogen and oxygen atoms in total. The predicted molar refractivity (Wildman–Crippen MR) is 114 cm³/mol. The number of carbonyl (C=O) groups is 2. The summed E-state index contributed by atoms with van der Waals surface area (Å²) in [7, 11) is 0. The van der Waals surface area contributed by atoms with Crippen LogP contribution in [0.2, 0.25) is 0 Å². The molecule has 0 saturated heterocycles. The summed E-state index contributed by atoms with van der Waals surface area (Å²) in [5, 5.41) is 20.7. The van der Waals surface area contributed by atoms with Gasteiger partial charge in [-0.05, 0) is 44.4 Å². The molecule has 2 unspecified atom stereocenters. The topological polar surface area (TPSA) is 80.3 Å². The number of carboxylic acids is 2. The van der Waals surface area contributed by atoms with Gasteiger partial charge >= 0.3 is 48.9 Å². The van der Waals surface area contributed by atoms with Crippen LogP contribution in [-0.4, -0.2) is 60.8 Å². The van der Waals surface area contributed by atoms with E-state index in [1.165, 1.54) is 5.56 Å². The number of unbranched alkanes of at least 4 members (excludes halogenated alkanes) is 2. The van der Waals surface area contributed by atoms with Gasteiger partial charge in [0, 0.05) is 11.9 Å². The molecule has 5 heteroatoms. The fourth-order valence-electron chi connectivity index (χ4n) is 2.41. The summed E-state index contributed by atoms with van der Waals surface area (Å²) in [5.41, 5.74) is 1.32. The maximum absolute atomic E-state index is 10.3. The van der Waals surface area contributed by atoms with Gasteiger partial charge in [-0.15, -0.1) is 0 Å². The minimum atomic E-state index is -0.893. The second kappa shape index (κ2) is 23.0. The molecular weight excluding hydrogens is 478 g/mol. The Balaban J connectivity index is -0.000000333. The molecule has 0 heterocycles. The average molecular weight is 516 g/mol. The molecule has 0 aliphatic heterocycles. The minimum absolute atomic E-state index is 0. The summed E-state index contributed by atoms with van der Waals surface area (Å²) in [6.45, 7) is 9.97. The van der Waals surface area contributed by atoms with Gasteiger partial charge in [0.1, 0.15) is 0 Å². The van der Waals surface area contributed by atoms with Crippen LogP contribution in [0.3, 0.4) is 0 Å². The summed E-state index contributed by atoms with van der Waals surface area (Å²) in [6.07, 6.45) is 7.04. The third-order valence-corrected chi connectivity index (χ3v) is 4.40. The average Bonchev–Trinajstić information content (AvgIpc) is 2.64. The first-order chi connectivity index (χ1) is 12.8. The van der Waals surface area contributed by atoms with E-state index >= 15 is 0 Å². The van der Waals surface area contributed by atoms with E-state index in [4.69, 9.17) is 0 Å². The molecule has 0 aliphatic rings. The molecule has 2 atom stereocenters. The molecule has 0 saturated carbocycles. The Morgan fingerprint density at radius 1 is 0.786 bits per heavy atom. The Hall–Kier alpha value is -0.269. The van der Waals surface area contributed by atoms with Crippen LogP contribution in [0.15, 0.2) is 30.3 Å².